The lowest BCUT2D eigenvalue weighted by Gasteiger charge is -2.03. The Morgan fingerprint density at radius 2 is 2.04 bits per heavy atom. The molecule has 0 amide bonds. The van der Waals surface area contributed by atoms with E-state index in [1.807, 2.05) is 23.6 Å². The Balaban J connectivity index is 1.56. The van der Waals surface area contributed by atoms with Crippen molar-refractivity contribution < 1.29 is 4.39 Å². The zero-order valence-corrected chi connectivity index (χ0v) is 13.6. The zero-order chi connectivity index (χ0) is 16.8. The van der Waals surface area contributed by atoms with Gasteiger partial charge in [0.05, 0.1) is 16.7 Å². The summed E-state index contributed by atoms with van der Waals surface area (Å²) < 4.78 is 15.5. The molecule has 0 unspecified atom stereocenters. The fourth-order valence-corrected chi connectivity index (χ4v) is 3.36. The lowest BCUT2D eigenvalue weighted by Crippen LogP contribution is -1.96. The van der Waals surface area contributed by atoms with Crippen LogP contribution in [0, 0.1) is 5.82 Å². The monoisotopic (exact) mass is 350 g/mol. The van der Waals surface area contributed by atoms with Crippen LogP contribution in [0.4, 0.5) is 16.0 Å². The Hall–Kier alpha value is -3.26. The predicted molar refractivity (Wildman–Crippen MR) is 95.6 cm³/mol. The minimum absolute atomic E-state index is 0.338. The van der Waals surface area contributed by atoms with Gasteiger partial charge in [-0.25, -0.2) is 18.9 Å². The van der Waals surface area contributed by atoms with E-state index in [4.69, 9.17) is 0 Å². The van der Waals surface area contributed by atoms with Gasteiger partial charge in [0, 0.05) is 17.1 Å². The first-order valence-electron chi connectivity index (χ1n) is 7.57. The summed E-state index contributed by atoms with van der Waals surface area (Å²) in [5, 5.41) is 8.93. The van der Waals surface area contributed by atoms with Crippen LogP contribution in [0.2, 0.25) is 0 Å². The molecule has 0 aliphatic carbocycles. The van der Waals surface area contributed by atoms with E-state index >= 15 is 0 Å². The van der Waals surface area contributed by atoms with E-state index in [0.717, 1.165) is 21.6 Å². The third-order valence-corrected chi connectivity index (χ3v) is 4.69. The van der Waals surface area contributed by atoms with Crippen molar-refractivity contribution in [3.05, 3.63) is 59.9 Å². The van der Waals surface area contributed by atoms with Gasteiger partial charge >= 0.3 is 0 Å². The molecule has 0 aliphatic heterocycles. The number of thiazole rings is 1. The molecule has 0 saturated heterocycles. The van der Waals surface area contributed by atoms with Crippen LogP contribution in [0.1, 0.15) is 0 Å². The molecule has 5 rings (SSSR count). The van der Waals surface area contributed by atoms with Crippen molar-refractivity contribution in [2.75, 3.05) is 5.32 Å². The second-order valence-corrected chi connectivity index (χ2v) is 6.36. The molecular formula is C17H11FN6S. The first-order valence-corrected chi connectivity index (χ1v) is 8.45. The first-order chi connectivity index (χ1) is 12.3. The van der Waals surface area contributed by atoms with Gasteiger partial charge in [-0.05, 0) is 30.3 Å². The van der Waals surface area contributed by atoms with Crippen LogP contribution in [0.3, 0.4) is 0 Å². The van der Waals surface area contributed by atoms with E-state index in [-0.39, 0.29) is 5.82 Å². The smallest absolute Gasteiger partial charge is 0.253 e. The van der Waals surface area contributed by atoms with Gasteiger partial charge in [0.15, 0.2) is 0 Å². The minimum Gasteiger partial charge on any atom is -0.322 e. The van der Waals surface area contributed by atoms with Gasteiger partial charge in [0.1, 0.15) is 10.8 Å². The summed E-state index contributed by atoms with van der Waals surface area (Å²) in [5.41, 5.74) is 3.09. The van der Waals surface area contributed by atoms with Crippen molar-refractivity contribution in [2.24, 2.45) is 0 Å². The summed E-state index contributed by atoms with van der Waals surface area (Å²) in [4.78, 5) is 13.2. The van der Waals surface area contributed by atoms with Crippen LogP contribution in [-0.2, 0) is 0 Å². The highest BCUT2D eigenvalue weighted by Gasteiger charge is 2.12. The number of nitrogens with one attached hydrogen (secondary N) is 2. The zero-order valence-electron chi connectivity index (χ0n) is 12.8. The summed E-state index contributed by atoms with van der Waals surface area (Å²) in [6, 6.07) is 12.4. The second kappa shape index (κ2) is 5.38. The van der Waals surface area contributed by atoms with Crippen LogP contribution in [0.15, 0.2) is 54.0 Å². The number of rotatable bonds is 3. The molecule has 0 fully saturated rings. The lowest BCUT2D eigenvalue weighted by molar-refractivity contribution is 0.631. The molecule has 0 radical (unpaired) electrons. The quantitative estimate of drug-likeness (QED) is 0.511. The molecule has 5 aromatic rings. The molecule has 25 heavy (non-hydrogen) atoms. The number of H-pyrrole nitrogens is 1. The third kappa shape index (κ3) is 2.34. The summed E-state index contributed by atoms with van der Waals surface area (Å²) in [5.74, 6) is 0.609. The Labute approximate surface area is 145 Å². The lowest BCUT2D eigenvalue weighted by atomic mass is 10.2. The minimum atomic E-state index is -0.338. The number of halogens is 1. The van der Waals surface area contributed by atoms with Gasteiger partial charge in [-0.2, -0.15) is 4.98 Å². The predicted octanol–water partition coefficient (Wildman–Crippen LogP) is 4.22. The number of benzene rings is 2. The molecule has 0 spiro atoms. The maximum Gasteiger partial charge on any atom is 0.253 e. The van der Waals surface area contributed by atoms with E-state index in [1.54, 1.807) is 40.2 Å². The maximum atomic E-state index is 13.8. The van der Waals surface area contributed by atoms with E-state index in [1.165, 1.54) is 6.07 Å². The van der Waals surface area contributed by atoms with Gasteiger partial charge in [-0.3, -0.25) is 5.10 Å². The number of aromatic nitrogens is 5. The summed E-state index contributed by atoms with van der Waals surface area (Å²) in [6.45, 7) is 0. The van der Waals surface area contributed by atoms with Gasteiger partial charge in [-0.1, -0.05) is 12.1 Å². The average Bonchev–Trinajstić information content (AvgIpc) is 3.32. The Kier molecular flexibility index (Phi) is 3.04. The highest BCUT2D eigenvalue weighted by molar-refractivity contribution is 7.13. The molecule has 0 bridgehead atoms. The van der Waals surface area contributed by atoms with Crippen molar-refractivity contribution >= 4 is 39.8 Å². The van der Waals surface area contributed by atoms with Gasteiger partial charge in [0.2, 0.25) is 5.95 Å². The van der Waals surface area contributed by atoms with E-state index < -0.39 is 0 Å². The topological polar surface area (TPSA) is 70.9 Å². The van der Waals surface area contributed by atoms with Crippen LogP contribution >= 0.6 is 11.3 Å². The van der Waals surface area contributed by atoms with Crippen molar-refractivity contribution in [2.45, 2.75) is 0 Å². The highest BCUT2D eigenvalue weighted by atomic mass is 32.1. The number of fused-ring (bicyclic) bond motifs is 3. The molecule has 6 nitrogen and oxygen atoms in total. The van der Waals surface area contributed by atoms with Crippen LogP contribution < -0.4 is 5.32 Å². The number of nitrogens with zero attached hydrogens (tertiary/aromatic N) is 4. The maximum absolute atomic E-state index is 13.8. The van der Waals surface area contributed by atoms with Crippen molar-refractivity contribution in [1.29, 1.82) is 0 Å². The van der Waals surface area contributed by atoms with Gasteiger partial charge in [-0.15, -0.1) is 11.3 Å². The van der Waals surface area contributed by atoms with E-state index in [9.17, 15) is 4.39 Å². The standard InChI is InChI=1S/C17H11FN6S/c18-11-3-1-2-4-12(11)20-16-22-17-21-13-9-10(15-19-7-8-25-15)5-6-14(13)24(17)23-16/h1-9H,(H2,20,21,22,23). The SMILES string of the molecule is Fc1ccccc1Nc1nc2nc3cc(-c4nccs4)ccc3n2[nH]1. The largest absolute Gasteiger partial charge is 0.322 e. The summed E-state index contributed by atoms with van der Waals surface area (Å²) in [6.07, 6.45) is 1.78. The molecule has 0 atom stereocenters. The van der Waals surface area contributed by atoms with E-state index in [2.05, 4.69) is 25.4 Å². The highest BCUT2D eigenvalue weighted by Crippen LogP contribution is 2.26. The molecule has 0 aliphatic rings. The third-order valence-electron chi connectivity index (χ3n) is 3.87. The number of hydrogen-bond acceptors (Lipinski definition) is 5. The van der Waals surface area contributed by atoms with Crippen molar-refractivity contribution in [1.82, 2.24) is 24.6 Å². The number of imidazole rings is 1. The van der Waals surface area contributed by atoms with Crippen LogP contribution in [0.5, 0.6) is 0 Å². The fourth-order valence-electron chi connectivity index (χ4n) is 2.73. The van der Waals surface area contributed by atoms with Gasteiger partial charge in [0.25, 0.3) is 5.78 Å². The van der Waals surface area contributed by atoms with Crippen molar-refractivity contribution in [3.8, 4) is 10.6 Å². The number of para-hydroxylation sites is 1. The second-order valence-electron chi connectivity index (χ2n) is 5.47. The van der Waals surface area contributed by atoms with Gasteiger partial charge < -0.3 is 5.32 Å². The number of anilines is 2. The molecule has 122 valence electrons. The fraction of sp³-hybridized carbons (Fsp3) is 0. The molecule has 2 aromatic carbocycles. The normalized spacial score (nSPS) is 11.4. The molecule has 3 aromatic heterocycles. The molecule has 2 N–H and O–H groups in total. The van der Waals surface area contributed by atoms with E-state index in [0.29, 0.717) is 17.4 Å². The Bertz CT molecular complexity index is 1190. The van der Waals surface area contributed by atoms with Crippen LogP contribution in [0.25, 0.3) is 27.4 Å². The van der Waals surface area contributed by atoms with Crippen molar-refractivity contribution in [3.63, 3.8) is 0 Å². The molecule has 0 saturated carbocycles. The molecular weight excluding hydrogens is 339 g/mol. The average molecular weight is 350 g/mol. The summed E-state index contributed by atoms with van der Waals surface area (Å²) >= 11 is 1.58. The van der Waals surface area contributed by atoms with Crippen LogP contribution in [-0.4, -0.2) is 24.6 Å². The molecule has 3 heterocycles. The number of hydrogen-bond donors (Lipinski definition) is 2. The Morgan fingerprint density at radius 1 is 1.12 bits per heavy atom. The number of aromatic amines is 1. The molecule has 8 heteroatoms. The Morgan fingerprint density at radius 3 is 2.88 bits per heavy atom. The summed E-state index contributed by atoms with van der Waals surface area (Å²) in [7, 11) is 0. The first kappa shape index (κ1) is 14.1.